The third-order valence-electron chi connectivity index (χ3n) is 3.75. The molecule has 1 fully saturated rings. The third-order valence-corrected chi connectivity index (χ3v) is 3.75. The minimum Gasteiger partial charge on any atom is -0.336 e. The van der Waals surface area contributed by atoms with Crippen molar-refractivity contribution >= 4 is 5.91 Å². The molecule has 2 heterocycles. The normalized spacial score (nSPS) is 18.0. The fraction of sp³-hybridized carbons (Fsp3) is 0.562. The van der Waals surface area contributed by atoms with Crippen molar-refractivity contribution in [3.63, 3.8) is 0 Å². The molecule has 0 radical (unpaired) electrons. The van der Waals surface area contributed by atoms with Crippen LogP contribution in [-0.2, 0) is 0 Å². The van der Waals surface area contributed by atoms with Gasteiger partial charge in [0, 0.05) is 25.3 Å². The van der Waals surface area contributed by atoms with Gasteiger partial charge < -0.3 is 10.2 Å². The van der Waals surface area contributed by atoms with Crippen molar-refractivity contribution in [1.82, 2.24) is 15.2 Å². The zero-order valence-electron chi connectivity index (χ0n) is 12.5. The number of aromatic nitrogens is 1. The second-order valence-electron chi connectivity index (χ2n) is 5.44. The van der Waals surface area contributed by atoms with Crippen LogP contribution in [0.1, 0.15) is 48.7 Å². The standard InChI is InChI=1S/C16H22N4O/c1-2-9-20(12-14-5-3-4-8-18-14)16(21)15-7-6-13(10-17)11-19-15/h6-7,11,14,18H,2-5,8-9,12H2,1H3. The molecule has 0 aromatic carbocycles. The van der Waals surface area contributed by atoms with Gasteiger partial charge in [0.25, 0.3) is 5.91 Å². The summed E-state index contributed by atoms with van der Waals surface area (Å²) in [6.07, 6.45) is 5.94. The van der Waals surface area contributed by atoms with Gasteiger partial charge in [-0.15, -0.1) is 0 Å². The zero-order valence-corrected chi connectivity index (χ0v) is 12.5. The largest absolute Gasteiger partial charge is 0.336 e. The average Bonchev–Trinajstić information content (AvgIpc) is 2.55. The van der Waals surface area contributed by atoms with E-state index in [-0.39, 0.29) is 5.91 Å². The SMILES string of the molecule is CCCN(CC1CCCCN1)C(=O)c1ccc(C#N)cn1. The Kier molecular flexibility index (Phi) is 5.70. The minimum absolute atomic E-state index is 0.0475. The molecule has 1 amide bonds. The molecule has 1 atom stereocenters. The molecule has 1 aromatic heterocycles. The first-order chi connectivity index (χ1) is 10.2. The molecule has 1 aromatic rings. The van der Waals surface area contributed by atoms with Crippen molar-refractivity contribution in [2.45, 2.75) is 38.6 Å². The van der Waals surface area contributed by atoms with Crippen LogP contribution in [0.4, 0.5) is 0 Å². The lowest BCUT2D eigenvalue weighted by molar-refractivity contribution is 0.0726. The first-order valence-electron chi connectivity index (χ1n) is 7.63. The maximum atomic E-state index is 12.6. The molecule has 0 aliphatic carbocycles. The molecule has 1 saturated heterocycles. The van der Waals surface area contributed by atoms with Crippen molar-refractivity contribution in [3.8, 4) is 6.07 Å². The van der Waals surface area contributed by atoms with Gasteiger partial charge in [0.05, 0.1) is 5.56 Å². The van der Waals surface area contributed by atoms with E-state index in [0.29, 0.717) is 17.3 Å². The molecule has 0 spiro atoms. The summed E-state index contributed by atoms with van der Waals surface area (Å²) in [6.45, 7) is 4.57. The first kappa shape index (κ1) is 15.5. The van der Waals surface area contributed by atoms with E-state index in [1.54, 1.807) is 12.1 Å². The van der Waals surface area contributed by atoms with Gasteiger partial charge >= 0.3 is 0 Å². The van der Waals surface area contributed by atoms with Crippen molar-refractivity contribution in [2.24, 2.45) is 0 Å². The number of carbonyl (C=O) groups excluding carboxylic acids is 1. The maximum Gasteiger partial charge on any atom is 0.272 e. The van der Waals surface area contributed by atoms with Gasteiger partial charge in [-0.3, -0.25) is 4.79 Å². The van der Waals surface area contributed by atoms with E-state index in [0.717, 1.165) is 32.5 Å². The van der Waals surface area contributed by atoms with Crippen molar-refractivity contribution in [3.05, 3.63) is 29.6 Å². The Balaban J connectivity index is 2.04. The lowest BCUT2D eigenvalue weighted by Crippen LogP contribution is -2.46. The number of carbonyl (C=O) groups is 1. The van der Waals surface area contributed by atoms with Crippen LogP contribution in [0.25, 0.3) is 0 Å². The van der Waals surface area contributed by atoms with E-state index in [9.17, 15) is 4.79 Å². The molecule has 21 heavy (non-hydrogen) atoms. The molecule has 1 unspecified atom stereocenters. The van der Waals surface area contributed by atoms with Crippen LogP contribution in [0, 0.1) is 11.3 Å². The Bertz CT molecular complexity index is 500. The van der Waals surface area contributed by atoms with Gasteiger partial charge in [0.2, 0.25) is 0 Å². The highest BCUT2D eigenvalue weighted by molar-refractivity contribution is 5.92. The Labute approximate surface area is 126 Å². The number of pyridine rings is 1. The van der Waals surface area contributed by atoms with E-state index >= 15 is 0 Å². The lowest BCUT2D eigenvalue weighted by atomic mass is 10.0. The summed E-state index contributed by atoms with van der Waals surface area (Å²) in [6, 6.07) is 5.68. The number of piperidine rings is 1. The molecule has 112 valence electrons. The molecule has 0 bridgehead atoms. The highest BCUT2D eigenvalue weighted by Crippen LogP contribution is 2.11. The number of nitrogens with one attached hydrogen (secondary N) is 1. The second-order valence-corrected chi connectivity index (χ2v) is 5.44. The van der Waals surface area contributed by atoms with E-state index < -0.39 is 0 Å². The average molecular weight is 286 g/mol. The summed E-state index contributed by atoms with van der Waals surface area (Å²) in [5.74, 6) is -0.0475. The van der Waals surface area contributed by atoms with E-state index in [4.69, 9.17) is 5.26 Å². The van der Waals surface area contributed by atoms with Gasteiger partial charge in [0.15, 0.2) is 0 Å². The molecular formula is C16H22N4O. The summed E-state index contributed by atoms with van der Waals surface area (Å²) >= 11 is 0. The fourth-order valence-electron chi connectivity index (χ4n) is 2.64. The first-order valence-corrected chi connectivity index (χ1v) is 7.63. The van der Waals surface area contributed by atoms with E-state index in [1.165, 1.54) is 19.0 Å². The van der Waals surface area contributed by atoms with Crippen LogP contribution in [-0.4, -0.2) is 41.5 Å². The molecule has 5 nitrogen and oxygen atoms in total. The number of nitriles is 1. The van der Waals surface area contributed by atoms with Crippen LogP contribution in [0.15, 0.2) is 18.3 Å². The van der Waals surface area contributed by atoms with Gasteiger partial charge in [-0.1, -0.05) is 13.3 Å². The topological polar surface area (TPSA) is 69.0 Å². The number of hydrogen-bond acceptors (Lipinski definition) is 4. The molecule has 1 aliphatic heterocycles. The fourth-order valence-corrected chi connectivity index (χ4v) is 2.64. The highest BCUT2D eigenvalue weighted by Gasteiger charge is 2.21. The van der Waals surface area contributed by atoms with Crippen molar-refractivity contribution in [1.29, 1.82) is 5.26 Å². The van der Waals surface area contributed by atoms with E-state index in [2.05, 4.69) is 17.2 Å². The van der Waals surface area contributed by atoms with Crippen molar-refractivity contribution in [2.75, 3.05) is 19.6 Å². The van der Waals surface area contributed by atoms with Crippen LogP contribution in [0.5, 0.6) is 0 Å². The molecule has 2 rings (SSSR count). The monoisotopic (exact) mass is 286 g/mol. The predicted octanol–water partition coefficient (Wildman–Crippen LogP) is 1.95. The molecular weight excluding hydrogens is 264 g/mol. The summed E-state index contributed by atoms with van der Waals surface area (Å²) in [5.41, 5.74) is 0.890. The van der Waals surface area contributed by atoms with Gasteiger partial charge in [-0.2, -0.15) is 5.26 Å². The second kappa shape index (κ2) is 7.75. The quantitative estimate of drug-likeness (QED) is 0.898. The van der Waals surface area contributed by atoms with E-state index in [1.807, 2.05) is 11.0 Å². The number of rotatable bonds is 5. The number of amides is 1. The van der Waals surface area contributed by atoms with Gasteiger partial charge in [-0.05, 0) is 37.9 Å². The van der Waals surface area contributed by atoms with Gasteiger partial charge in [0.1, 0.15) is 11.8 Å². The number of hydrogen-bond donors (Lipinski definition) is 1. The van der Waals surface area contributed by atoms with Crippen LogP contribution in [0.2, 0.25) is 0 Å². The van der Waals surface area contributed by atoms with Crippen molar-refractivity contribution < 1.29 is 4.79 Å². The minimum atomic E-state index is -0.0475. The Morgan fingerprint density at radius 2 is 2.38 bits per heavy atom. The predicted molar refractivity (Wildman–Crippen MR) is 80.8 cm³/mol. The molecule has 0 saturated carbocycles. The molecule has 1 N–H and O–H groups in total. The lowest BCUT2D eigenvalue weighted by Gasteiger charge is -2.30. The summed E-state index contributed by atoms with van der Waals surface area (Å²) < 4.78 is 0. The van der Waals surface area contributed by atoms with Crippen LogP contribution in [0.3, 0.4) is 0 Å². The maximum absolute atomic E-state index is 12.6. The Hall–Kier alpha value is -1.93. The Morgan fingerprint density at radius 1 is 1.52 bits per heavy atom. The highest BCUT2D eigenvalue weighted by atomic mass is 16.2. The van der Waals surface area contributed by atoms with Crippen LogP contribution < -0.4 is 5.32 Å². The number of nitrogens with zero attached hydrogens (tertiary/aromatic N) is 3. The van der Waals surface area contributed by atoms with Crippen LogP contribution >= 0.6 is 0 Å². The summed E-state index contributed by atoms with van der Waals surface area (Å²) in [4.78, 5) is 18.5. The molecule has 5 heteroatoms. The summed E-state index contributed by atoms with van der Waals surface area (Å²) in [5, 5.41) is 12.3. The third kappa shape index (κ3) is 4.27. The Morgan fingerprint density at radius 3 is 2.95 bits per heavy atom. The molecule has 1 aliphatic rings. The van der Waals surface area contributed by atoms with Gasteiger partial charge in [-0.25, -0.2) is 4.98 Å². The summed E-state index contributed by atoms with van der Waals surface area (Å²) in [7, 11) is 0. The zero-order chi connectivity index (χ0) is 15.1. The smallest absolute Gasteiger partial charge is 0.272 e.